The van der Waals surface area contributed by atoms with Gasteiger partial charge in [0, 0.05) is 18.9 Å². The maximum absolute atomic E-state index is 12.6. The quantitative estimate of drug-likeness (QED) is 0.463. The van der Waals surface area contributed by atoms with Crippen molar-refractivity contribution in [2.45, 2.75) is 49.7 Å². The number of methoxy groups -OCH3 is 1. The van der Waals surface area contributed by atoms with Gasteiger partial charge in [-0.05, 0) is 44.4 Å². The Balaban J connectivity index is 1.84. The van der Waals surface area contributed by atoms with Gasteiger partial charge in [0.25, 0.3) is 0 Å². The largest absolute Gasteiger partial charge is 0.377 e. The summed E-state index contributed by atoms with van der Waals surface area (Å²) in [4.78, 5) is 24.5. The van der Waals surface area contributed by atoms with Crippen LogP contribution in [-0.2, 0) is 14.3 Å². The van der Waals surface area contributed by atoms with Crippen molar-refractivity contribution in [2.75, 3.05) is 13.0 Å². The van der Waals surface area contributed by atoms with Gasteiger partial charge >= 0.3 is 0 Å². The molecule has 1 saturated heterocycles. The Kier molecular flexibility index (Phi) is 4.34. The van der Waals surface area contributed by atoms with Gasteiger partial charge in [-0.25, -0.2) is 0 Å². The molecule has 1 amide bonds. The van der Waals surface area contributed by atoms with Crippen LogP contribution < -0.4 is 5.32 Å². The van der Waals surface area contributed by atoms with E-state index in [2.05, 4.69) is 17.5 Å². The summed E-state index contributed by atoms with van der Waals surface area (Å²) in [6.45, 7) is 0. The van der Waals surface area contributed by atoms with E-state index in [1.54, 1.807) is 7.11 Å². The van der Waals surface area contributed by atoms with Crippen molar-refractivity contribution in [1.29, 1.82) is 0 Å². The second-order valence-electron chi connectivity index (χ2n) is 6.92. The number of fused-ring (bicyclic) bond motifs is 1. The van der Waals surface area contributed by atoms with Crippen LogP contribution in [0.5, 0.6) is 0 Å². The van der Waals surface area contributed by atoms with Gasteiger partial charge < -0.3 is 14.8 Å². The van der Waals surface area contributed by atoms with E-state index in [0.29, 0.717) is 24.6 Å². The molecular formula is C17H24ClNO3. The van der Waals surface area contributed by atoms with Crippen LogP contribution in [0.3, 0.4) is 0 Å². The van der Waals surface area contributed by atoms with Crippen LogP contribution in [0.25, 0.3) is 0 Å². The Hall–Kier alpha value is -0.870. The highest BCUT2D eigenvalue weighted by Crippen LogP contribution is 2.61. The van der Waals surface area contributed by atoms with E-state index in [-0.39, 0.29) is 17.7 Å². The summed E-state index contributed by atoms with van der Waals surface area (Å²) in [5, 5.41) is 3.03. The number of carbonyl (C=O) groups is 2. The molecule has 5 heteroatoms. The third kappa shape index (κ3) is 2.41. The monoisotopic (exact) mass is 325 g/mol. The van der Waals surface area contributed by atoms with Gasteiger partial charge in [-0.15, -0.1) is 11.6 Å². The van der Waals surface area contributed by atoms with Crippen LogP contribution in [0.4, 0.5) is 0 Å². The molecule has 22 heavy (non-hydrogen) atoms. The fourth-order valence-corrected chi connectivity index (χ4v) is 4.80. The van der Waals surface area contributed by atoms with Crippen LogP contribution >= 0.6 is 11.6 Å². The molecule has 0 aromatic heterocycles. The standard InChI is InChI=1S/C17H24ClNO3/c1-22-17-10-14(17)16(11-20,9-12-5-3-2-4-6-12)19-15(21)13(17)7-8-18/h3,5,11-14H,2,4,6-10H2,1H3,(H,19,21)/t12?,13-,14+,16-,17-/m1/s1. The molecule has 3 rings (SSSR count). The topological polar surface area (TPSA) is 55.4 Å². The van der Waals surface area contributed by atoms with Gasteiger partial charge in [-0.1, -0.05) is 12.2 Å². The van der Waals surface area contributed by atoms with Crippen LogP contribution in [-0.4, -0.2) is 36.3 Å². The summed E-state index contributed by atoms with van der Waals surface area (Å²) < 4.78 is 5.74. The van der Waals surface area contributed by atoms with Crippen molar-refractivity contribution in [3.05, 3.63) is 12.2 Å². The molecule has 0 spiro atoms. The molecule has 2 aliphatic carbocycles. The zero-order valence-electron chi connectivity index (χ0n) is 13.0. The molecule has 1 saturated carbocycles. The summed E-state index contributed by atoms with van der Waals surface area (Å²) in [6.07, 6.45) is 10.7. The lowest BCUT2D eigenvalue weighted by Crippen LogP contribution is -2.62. The number of aldehydes is 1. The van der Waals surface area contributed by atoms with Gasteiger partial charge in [0.1, 0.15) is 11.8 Å². The van der Waals surface area contributed by atoms with E-state index < -0.39 is 11.1 Å². The van der Waals surface area contributed by atoms with E-state index in [4.69, 9.17) is 16.3 Å². The zero-order valence-corrected chi connectivity index (χ0v) is 13.8. The molecule has 4 nitrogen and oxygen atoms in total. The molecule has 5 atom stereocenters. The smallest absolute Gasteiger partial charge is 0.226 e. The number of halogens is 1. The average Bonchev–Trinajstić information content (AvgIpc) is 3.29. The first-order chi connectivity index (χ1) is 10.6. The van der Waals surface area contributed by atoms with Crippen molar-refractivity contribution < 1.29 is 14.3 Å². The molecule has 1 N–H and O–H groups in total. The third-order valence-electron chi connectivity index (χ3n) is 5.78. The van der Waals surface area contributed by atoms with E-state index in [1.165, 1.54) is 0 Å². The van der Waals surface area contributed by atoms with E-state index in [9.17, 15) is 9.59 Å². The Morgan fingerprint density at radius 3 is 2.95 bits per heavy atom. The maximum atomic E-state index is 12.6. The molecule has 2 fully saturated rings. The van der Waals surface area contributed by atoms with Crippen LogP contribution in [0.15, 0.2) is 12.2 Å². The fraction of sp³-hybridized carbons (Fsp3) is 0.765. The molecule has 0 bridgehead atoms. The Morgan fingerprint density at radius 1 is 1.55 bits per heavy atom. The lowest BCUT2D eigenvalue weighted by atomic mass is 9.75. The number of amides is 1. The summed E-state index contributed by atoms with van der Waals surface area (Å²) in [5.41, 5.74) is -1.27. The summed E-state index contributed by atoms with van der Waals surface area (Å²) in [5.74, 6) is 0.538. The lowest BCUT2D eigenvalue weighted by Gasteiger charge is -2.42. The molecule has 0 aromatic carbocycles. The van der Waals surface area contributed by atoms with Crippen LogP contribution in [0.2, 0.25) is 0 Å². The molecule has 122 valence electrons. The second-order valence-corrected chi connectivity index (χ2v) is 7.29. The van der Waals surface area contributed by atoms with Crippen molar-refractivity contribution in [3.63, 3.8) is 0 Å². The van der Waals surface area contributed by atoms with E-state index >= 15 is 0 Å². The van der Waals surface area contributed by atoms with Crippen molar-refractivity contribution >= 4 is 23.8 Å². The first kappa shape index (κ1) is 16.0. The Labute approximate surface area is 136 Å². The van der Waals surface area contributed by atoms with Crippen molar-refractivity contribution in [3.8, 4) is 0 Å². The minimum atomic E-state index is -0.776. The van der Waals surface area contributed by atoms with E-state index in [0.717, 1.165) is 32.0 Å². The maximum Gasteiger partial charge on any atom is 0.226 e. The predicted octanol–water partition coefficient (Wildman–Crippen LogP) is 2.45. The third-order valence-corrected chi connectivity index (χ3v) is 6.00. The number of piperidine rings is 1. The minimum absolute atomic E-state index is 0.0729. The highest BCUT2D eigenvalue weighted by molar-refractivity contribution is 6.18. The molecular weight excluding hydrogens is 302 g/mol. The highest BCUT2D eigenvalue weighted by atomic mass is 35.5. The lowest BCUT2D eigenvalue weighted by molar-refractivity contribution is -0.144. The molecule has 0 radical (unpaired) electrons. The van der Waals surface area contributed by atoms with E-state index in [1.807, 2.05) is 0 Å². The number of carbonyl (C=O) groups excluding carboxylic acids is 2. The molecule has 1 aliphatic heterocycles. The van der Waals surface area contributed by atoms with Crippen LogP contribution in [0, 0.1) is 17.8 Å². The Bertz CT molecular complexity index is 494. The van der Waals surface area contributed by atoms with Crippen molar-refractivity contribution in [1.82, 2.24) is 5.32 Å². The van der Waals surface area contributed by atoms with Gasteiger partial charge in [0.2, 0.25) is 5.91 Å². The van der Waals surface area contributed by atoms with Gasteiger partial charge in [-0.3, -0.25) is 4.79 Å². The first-order valence-corrected chi connectivity index (χ1v) is 8.71. The number of rotatable bonds is 6. The summed E-state index contributed by atoms with van der Waals surface area (Å²) in [7, 11) is 1.65. The highest BCUT2D eigenvalue weighted by Gasteiger charge is 2.72. The number of hydrogen-bond donors (Lipinski definition) is 1. The normalized spacial score (nSPS) is 43.4. The van der Waals surface area contributed by atoms with Gasteiger partial charge in [-0.2, -0.15) is 0 Å². The SMILES string of the molecule is CO[C@@]12C[C@H]1[C@](C=O)(CC1C=CCCC1)NC(=O)[C@H]2CCCl. The number of nitrogens with one attached hydrogen (secondary N) is 1. The number of ether oxygens (including phenoxy) is 1. The molecule has 1 unspecified atom stereocenters. The minimum Gasteiger partial charge on any atom is -0.377 e. The molecule has 0 aromatic rings. The predicted molar refractivity (Wildman–Crippen MR) is 84.7 cm³/mol. The first-order valence-electron chi connectivity index (χ1n) is 8.18. The fourth-order valence-electron chi connectivity index (χ4n) is 4.58. The zero-order chi connectivity index (χ0) is 15.8. The number of alkyl halides is 1. The molecule has 3 aliphatic rings. The number of hydrogen-bond acceptors (Lipinski definition) is 3. The van der Waals surface area contributed by atoms with Crippen LogP contribution in [0.1, 0.15) is 38.5 Å². The average molecular weight is 326 g/mol. The summed E-state index contributed by atoms with van der Waals surface area (Å²) in [6, 6.07) is 0. The van der Waals surface area contributed by atoms with Crippen molar-refractivity contribution in [2.24, 2.45) is 17.8 Å². The Morgan fingerprint density at radius 2 is 2.36 bits per heavy atom. The second kappa shape index (κ2) is 5.97. The summed E-state index contributed by atoms with van der Waals surface area (Å²) >= 11 is 5.85. The molecule has 1 heterocycles. The van der Waals surface area contributed by atoms with Gasteiger partial charge in [0.15, 0.2) is 0 Å². The van der Waals surface area contributed by atoms with Gasteiger partial charge in [0.05, 0.1) is 11.5 Å². The number of allylic oxidation sites excluding steroid dienone is 2.